The Labute approximate surface area is 106 Å². The van der Waals surface area contributed by atoms with E-state index in [0.717, 1.165) is 24.5 Å². The van der Waals surface area contributed by atoms with Crippen LogP contribution in [0, 0.1) is 0 Å². The van der Waals surface area contributed by atoms with Crippen molar-refractivity contribution < 1.29 is 4.42 Å². The molecule has 98 valence electrons. The Morgan fingerprint density at radius 1 is 1.06 bits per heavy atom. The molecule has 1 unspecified atom stereocenters. The van der Waals surface area contributed by atoms with Gasteiger partial charge in [0.15, 0.2) is 0 Å². The molecule has 1 rings (SSSR count). The van der Waals surface area contributed by atoms with Gasteiger partial charge in [0.05, 0.1) is 6.54 Å². The molecule has 1 aromatic heterocycles. The van der Waals surface area contributed by atoms with Crippen LogP contribution in [0.15, 0.2) is 16.5 Å². The van der Waals surface area contributed by atoms with Gasteiger partial charge in [0.2, 0.25) is 0 Å². The van der Waals surface area contributed by atoms with Gasteiger partial charge in [-0.15, -0.1) is 0 Å². The molecule has 1 atom stereocenters. The van der Waals surface area contributed by atoms with E-state index in [0.29, 0.717) is 6.04 Å². The van der Waals surface area contributed by atoms with Crippen LogP contribution < -0.4 is 5.32 Å². The van der Waals surface area contributed by atoms with Crippen molar-refractivity contribution in [3.63, 3.8) is 0 Å². The van der Waals surface area contributed by atoms with E-state index in [4.69, 9.17) is 4.42 Å². The van der Waals surface area contributed by atoms with E-state index in [1.165, 1.54) is 32.1 Å². The zero-order chi connectivity index (χ0) is 12.5. The third-order valence-corrected chi connectivity index (χ3v) is 3.17. The topological polar surface area (TPSA) is 25.2 Å². The summed E-state index contributed by atoms with van der Waals surface area (Å²) in [6.45, 7) is 7.50. The van der Waals surface area contributed by atoms with Gasteiger partial charge in [-0.3, -0.25) is 0 Å². The molecule has 0 radical (unpaired) electrons. The van der Waals surface area contributed by atoms with Crippen molar-refractivity contribution in [2.75, 3.05) is 0 Å². The first-order valence-electron chi connectivity index (χ1n) is 7.11. The van der Waals surface area contributed by atoms with Crippen LogP contribution in [-0.4, -0.2) is 6.04 Å². The standard InChI is InChI=1S/C15H27NO/c1-4-7-9-13(8-5-2)16-12-15-11-10-14(6-3)17-15/h10-11,13,16H,4-9,12H2,1-3H3. The third kappa shape index (κ3) is 5.40. The highest BCUT2D eigenvalue weighted by molar-refractivity contribution is 5.06. The summed E-state index contributed by atoms with van der Waals surface area (Å²) in [6, 6.07) is 4.82. The quantitative estimate of drug-likeness (QED) is 0.693. The van der Waals surface area contributed by atoms with Gasteiger partial charge >= 0.3 is 0 Å². The van der Waals surface area contributed by atoms with Crippen LogP contribution in [0.1, 0.15) is 64.4 Å². The molecule has 2 nitrogen and oxygen atoms in total. The van der Waals surface area contributed by atoms with Crippen molar-refractivity contribution >= 4 is 0 Å². The number of hydrogen-bond donors (Lipinski definition) is 1. The lowest BCUT2D eigenvalue weighted by molar-refractivity contribution is 0.393. The van der Waals surface area contributed by atoms with Crippen LogP contribution >= 0.6 is 0 Å². The molecule has 0 aliphatic heterocycles. The molecule has 2 heteroatoms. The van der Waals surface area contributed by atoms with Crippen molar-refractivity contribution in [1.82, 2.24) is 5.32 Å². The van der Waals surface area contributed by atoms with Crippen LogP contribution in [0.3, 0.4) is 0 Å². The molecule has 0 bridgehead atoms. The number of nitrogens with one attached hydrogen (secondary N) is 1. The lowest BCUT2D eigenvalue weighted by atomic mass is 10.1. The maximum atomic E-state index is 5.70. The minimum Gasteiger partial charge on any atom is -0.465 e. The first-order chi connectivity index (χ1) is 8.30. The summed E-state index contributed by atoms with van der Waals surface area (Å²) in [5.74, 6) is 2.15. The Morgan fingerprint density at radius 3 is 2.41 bits per heavy atom. The van der Waals surface area contributed by atoms with Crippen LogP contribution in [0.4, 0.5) is 0 Å². The molecule has 1 heterocycles. The summed E-state index contributed by atoms with van der Waals surface area (Å²) in [7, 11) is 0. The SMILES string of the molecule is CCCCC(CCC)NCc1ccc(CC)o1. The molecular weight excluding hydrogens is 210 g/mol. The molecular formula is C15H27NO. The van der Waals surface area contributed by atoms with Gasteiger partial charge in [-0.2, -0.15) is 0 Å². The number of rotatable bonds is 9. The Balaban J connectivity index is 2.34. The summed E-state index contributed by atoms with van der Waals surface area (Å²) in [4.78, 5) is 0. The Hall–Kier alpha value is -0.760. The van der Waals surface area contributed by atoms with Crippen molar-refractivity contribution in [1.29, 1.82) is 0 Å². The Bertz CT molecular complexity index is 293. The van der Waals surface area contributed by atoms with Gasteiger partial charge < -0.3 is 9.73 Å². The summed E-state index contributed by atoms with van der Waals surface area (Å²) in [5.41, 5.74) is 0. The first-order valence-corrected chi connectivity index (χ1v) is 7.11. The highest BCUT2D eigenvalue weighted by atomic mass is 16.3. The number of aryl methyl sites for hydroxylation is 1. The summed E-state index contributed by atoms with van der Waals surface area (Å²) >= 11 is 0. The van der Waals surface area contributed by atoms with Gasteiger partial charge in [0.1, 0.15) is 11.5 Å². The minimum atomic E-state index is 0.648. The van der Waals surface area contributed by atoms with Crippen LogP contribution in [0.5, 0.6) is 0 Å². The fraction of sp³-hybridized carbons (Fsp3) is 0.733. The zero-order valence-electron chi connectivity index (χ0n) is 11.6. The average molecular weight is 237 g/mol. The number of furan rings is 1. The van der Waals surface area contributed by atoms with Gasteiger partial charge in [0.25, 0.3) is 0 Å². The first kappa shape index (κ1) is 14.3. The molecule has 0 fully saturated rings. The van der Waals surface area contributed by atoms with Crippen molar-refractivity contribution in [3.05, 3.63) is 23.7 Å². The van der Waals surface area contributed by atoms with E-state index in [-0.39, 0.29) is 0 Å². The van der Waals surface area contributed by atoms with Gasteiger partial charge in [-0.05, 0) is 25.0 Å². The highest BCUT2D eigenvalue weighted by Gasteiger charge is 2.08. The van der Waals surface area contributed by atoms with Crippen molar-refractivity contribution in [3.8, 4) is 0 Å². The molecule has 0 saturated carbocycles. The van der Waals surface area contributed by atoms with E-state index in [2.05, 4.69) is 38.2 Å². The molecule has 1 aromatic rings. The molecule has 0 amide bonds. The average Bonchev–Trinajstić information content (AvgIpc) is 2.80. The number of unbranched alkanes of at least 4 members (excludes halogenated alkanes) is 1. The Kier molecular flexibility index (Phi) is 7.02. The highest BCUT2D eigenvalue weighted by Crippen LogP contribution is 2.11. The molecule has 0 aliphatic rings. The predicted octanol–water partition coefficient (Wildman–Crippen LogP) is 4.29. The van der Waals surface area contributed by atoms with Gasteiger partial charge in [0, 0.05) is 12.5 Å². The van der Waals surface area contributed by atoms with E-state index >= 15 is 0 Å². The summed E-state index contributed by atoms with van der Waals surface area (Å²) < 4.78 is 5.70. The van der Waals surface area contributed by atoms with Gasteiger partial charge in [-0.25, -0.2) is 0 Å². The number of hydrogen-bond acceptors (Lipinski definition) is 2. The van der Waals surface area contributed by atoms with E-state index < -0.39 is 0 Å². The lowest BCUT2D eigenvalue weighted by Crippen LogP contribution is -2.28. The second-order valence-corrected chi connectivity index (χ2v) is 4.73. The molecule has 0 aliphatic carbocycles. The normalized spacial score (nSPS) is 12.9. The molecule has 17 heavy (non-hydrogen) atoms. The fourth-order valence-corrected chi connectivity index (χ4v) is 2.10. The smallest absolute Gasteiger partial charge is 0.117 e. The second kappa shape index (κ2) is 8.35. The minimum absolute atomic E-state index is 0.648. The van der Waals surface area contributed by atoms with Crippen molar-refractivity contribution in [2.24, 2.45) is 0 Å². The monoisotopic (exact) mass is 237 g/mol. The van der Waals surface area contributed by atoms with E-state index in [9.17, 15) is 0 Å². The molecule has 0 aromatic carbocycles. The van der Waals surface area contributed by atoms with Gasteiger partial charge in [-0.1, -0.05) is 40.0 Å². The summed E-state index contributed by atoms with van der Waals surface area (Å²) in [5, 5.41) is 3.62. The third-order valence-electron chi connectivity index (χ3n) is 3.17. The predicted molar refractivity (Wildman–Crippen MR) is 73.1 cm³/mol. The van der Waals surface area contributed by atoms with Crippen molar-refractivity contribution in [2.45, 2.75) is 71.9 Å². The van der Waals surface area contributed by atoms with Crippen LogP contribution in [0.2, 0.25) is 0 Å². The van der Waals surface area contributed by atoms with Crippen LogP contribution in [-0.2, 0) is 13.0 Å². The molecule has 0 spiro atoms. The fourth-order valence-electron chi connectivity index (χ4n) is 2.10. The maximum absolute atomic E-state index is 5.70. The van der Waals surface area contributed by atoms with Crippen LogP contribution in [0.25, 0.3) is 0 Å². The van der Waals surface area contributed by atoms with E-state index in [1.54, 1.807) is 0 Å². The van der Waals surface area contributed by atoms with E-state index in [1.807, 2.05) is 0 Å². The molecule has 1 N–H and O–H groups in total. The largest absolute Gasteiger partial charge is 0.465 e. The zero-order valence-corrected chi connectivity index (χ0v) is 11.6. The second-order valence-electron chi connectivity index (χ2n) is 4.73. The maximum Gasteiger partial charge on any atom is 0.117 e. The Morgan fingerprint density at radius 2 is 1.82 bits per heavy atom. The lowest BCUT2D eigenvalue weighted by Gasteiger charge is -2.16. The summed E-state index contributed by atoms with van der Waals surface area (Å²) in [6.07, 6.45) is 7.37. The molecule has 0 saturated heterocycles.